The molecule has 0 aliphatic heterocycles. The highest BCUT2D eigenvalue weighted by Crippen LogP contribution is 2.27. The number of benzene rings is 1. The fourth-order valence-corrected chi connectivity index (χ4v) is 1.96. The van der Waals surface area contributed by atoms with Crippen LogP contribution in [0.1, 0.15) is 5.56 Å². The third-order valence-corrected chi connectivity index (χ3v) is 2.98. The van der Waals surface area contributed by atoms with Gasteiger partial charge in [-0.1, -0.05) is 27.5 Å². The Morgan fingerprint density at radius 1 is 1.47 bits per heavy atom. The highest BCUT2D eigenvalue weighted by molar-refractivity contribution is 9.10. The predicted octanol–water partition coefficient (Wildman–Crippen LogP) is 2.70. The minimum absolute atomic E-state index is 0.0854. The standard InChI is InChI=1S/C10H6BrClO3/c11-5-1-2-8-6(3-5)9(12)7(4-13)10(14)15-8/h1-3,13H,4H2. The molecule has 15 heavy (non-hydrogen) atoms. The molecule has 1 N–H and O–H groups in total. The van der Waals surface area contributed by atoms with E-state index < -0.39 is 12.2 Å². The lowest BCUT2D eigenvalue weighted by atomic mass is 10.2. The third kappa shape index (κ3) is 1.80. The second-order valence-electron chi connectivity index (χ2n) is 2.98. The molecule has 3 nitrogen and oxygen atoms in total. The fourth-order valence-electron chi connectivity index (χ4n) is 1.31. The van der Waals surface area contributed by atoms with Crippen molar-refractivity contribution < 1.29 is 9.52 Å². The van der Waals surface area contributed by atoms with Gasteiger partial charge in [0.15, 0.2) is 0 Å². The third-order valence-electron chi connectivity index (χ3n) is 2.05. The summed E-state index contributed by atoms with van der Waals surface area (Å²) >= 11 is 9.27. The van der Waals surface area contributed by atoms with Crippen LogP contribution in [0.5, 0.6) is 0 Å². The lowest BCUT2D eigenvalue weighted by Crippen LogP contribution is -2.08. The van der Waals surface area contributed by atoms with E-state index in [0.717, 1.165) is 4.47 Å². The Bertz CT molecular complexity index is 577. The topological polar surface area (TPSA) is 50.4 Å². The van der Waals surface area contributed by atoms with E-state index in [9.17, 15) is 4.79 Å². The van der Waals surface area contributed by atoms with Gasteiger partial charge in [0.2, 0.25) is 0 Å². The van der Waals surface area contributed by atoms with Crippen LogP contribution in [0.25, 0.3) is 11.0 Å². The van der Waals surface area contributed by atoms with Crippen LogP contribution in [0.4, 0.5) is 0 Å². The maximum atomic E-state index is 11.3. The van der Waals surface area contributed by atoms with Gasteiger partial charge in [0, 0.05) is 9.86 Å². The number of fused-ring (bicyclic) bond motifs is 1. The summed E-state index contributed by atoms with van der Waals surface area (Å²) in [5.74, 6) is 0. The number of aliphatic hydroxyl groups is 1. The molecule has 0 aliphatic rings. The van der Waals surface area contributed by atoms with Crippen LogP contribution in [0.3, 0.4) is 0 Å². The summed E-state index contributed by atoms with van der Waals surface area (Å²) in [5.41, 5.74) is -0.106. The largest absolute Gasteiger partial charge is 0.422 e. The lowest BCUT2D eigenvalue weighted by molar-refractivity contribution is 0.276. The van der Waals surface area contributed by atoms with E-state index in [4.69, 9.17) is 21.1 Å². The van der Waals surface area contributed by atoms with E-state index in [1.165, 1.54) is 0 Å². The number of halogens is 2. The number of hydrogen-bond donors (Lipinski definition) is 1. The second kappa shape index (κ2) is 3.96. The monoisotopic (exact) mass is 288 g/mol. The van der Waals surface area contributed by atoms with Crippen LogP contribution in [-0.2, 0) is 6.61 Å². The van der Waals surface area contributed by atoms with Gasteiger partial charge in [-0.15, -0.1) is 0 Å². The molecule has 2 rings (SSSR count). The van der Waals surface area contributed by atoms with Gasteiger partial charge in [0.05, 0.1) is 17.2 Å². The highest BCUT2D eigenvalue weighted by Gasteiger charge is 2.11. The molecule has 0 amide bonds. The summed E-state index contributed by atoms with van der Waals surface area (Å²) in [7, 11) is 0. The minimum Gasteiger partial charge on any atom is -0.422 e. The van der Waals surface area contributed by atoms with Crippen LogP contribution in [0.2, 0.25) is 5.02 Å². The Morgan fingerprint density at radius 2 is 2.20 bits per heavy atom. The summed E-state index contributed by atoms with van der Waals surface area (Å²) in [6.07, 6.45) is 0. The number of rotatable bonds is 1. The van der Waals surface area contributed by atoms with Crippen molar-refractivity contribution in [2.75, 3.05) is 0 Å². The number of aliphatic hydroxyl groups excluding tert-OH is 1. The second-order valence-corrected chi connectivity index (χ2v) is 4.27. The van der Waals surface area contributed by atoms with Crippen molar-refractivity contribution in [2.45, 2.75) is 6.61 Å². The van der Waals surface area contributed by atoms with Gasteiger partial charge in [-0.3, -0.25) is 0 Å². The molecular formula is C10H6BrClO3. The smallest absolute Gasteiger partial charge is 0.343 e. The first kappa shape index (κ1) is 10.7. The van der Waals surface area contributed by atoms with Crippen molar-refractivity contribution >= 4 is 38.5 Å². The molecule has 2 aromatic rings. The van der Waals surface area contributed by atoms with Crippen molar-refractivity contribution in [3.63, 3.8) is 0 Å². The first-order valence-corrected chi connectivity index (χ1v) is 5.32. The molecule has 1 aromatic carbocycles. The zero-order valence-corrected chi connectivity index (χ0v) is 9.80. The van der Waals surface area contributed by atoms with Crippen LogP contribution in [-0.4, -0.2) is 5.11 Å². The average molecular weight is 290 g/mol. The van der Waals surface area contributed by atoms with E-state index in [1.54, 1.807) is 18.2 Å². The molecular weight excluding hydrogens is 283 g/mol. The van der Waals surface area contributed by atoms with E-state index in [0.29, 0.717) is 11.0 Å². The van der Waals surface area contributed by atoms with Crippen molar-refractivity contribution in [3.8, 4) is 0 Å². The molecule has 0 aliphatic carbocycles. The number of hydrogen-bond acceptors (Lipinski definition) is 3. The Kier molecular flexibility index (Phi) is 2.82. The zero-order chi connectivity index (χ0) is 11.0. The van der Waals surface area contributed by atoms with Gasteiger partial charge >= 0.3 is 5.63 Å². The maximum absolute atomic E-state index is 11.3. The summed E-state index contributed by atoms with van der Waals surface area (Å²) < 4.78 is 5.83. The molecule has 5 heteroatoms. The van der Waals surface area contributed by atoms with E-state index >= 15 is 0 Å². The molecule has 0 saturated heterocycles. The Hall–Kier alpha value is -0.840. The van der Waals surface area contributed by atoms with Gasteiger partial charge in [0.1, 0.15) is 5.58 Å². The Morgan fingerprint density at radius 3 is 2.87 bits per heavy atom. The quantitative estimate of drug-likeness (QED) is 0.821. The molecule has 0 bridgehead atoms. The van der Waals surface area contributed by atoms with Crippen LogP contribution in [0.15, 0.2) is 31.9 Å². The van der Waals surface area contributed by atoms with Crippen LogP contribution >= 0.6 is 27.5 Å². The van der Waals surface area contributed by atoms with Gasteiger partial charge in [-0.25, -0.2) is 4.79 Å². The molecule has 0 spiro atoms. The normalized spacial score (nSPS) is 10.9. The SMILES string of the molecule is O=c1oc2ccc(Br)cc2c(Cl)c1CO. The molecule has 0 atom stereocenters. The van der Waals surface area contributed by atoms with Gasteiger partial charge in [-0.2, -0.15) is 0 Å². The first-order chi connectivity index (χ1) is 7.13. The summed E-state index contributed by atoms with van der Waals surface area (Å²) in [4.78, 5) is 11.3. The Labute approximate surface area is 98.4 Å². The van der Waals surface area contributed by atoms with Crippen molar-refractivity contribution in [1.29, 1.82) is 0 Å². The molecule has 0 unspecified atom stereocenters. The Balaban J connectivity index is 2.92. The van der Waals surface area contributed by atoms with Crippen molar-refractivity contribution in [3.05, 3.63) is 43.7 Å². The van der Waals surface area contributed by atoms with Gasteiger partial charge in [0.25, 0.3) is 0 Å². The molecule has 1 heterocycles. The maximum Gasteiger partial charge on any atom is 0.343 e. The summed E-state index contributed by atoms with van der Waals surface area (Å²) in [5, 5.41) is 9.82. The average Bonchev–Trinajstić information content (AvgIpc) is 2.20. The van der Waals surface area contributed by atoms with Crippen molar-refractivity contribution in [2.24, 2.45) is 0 Å². The molecule has 0 saturated carbocycles. The molecule has 0 radical (unpaired) electrons. The van der Waals surface area contributed by atoms with E-state index in [2.05, 4.69) is 15.9 Å². The summed E-state index contributed by atoms with van der Waals surface area (Å²) in [6.45, 7) is -0.427. The van der Waals surface area contributed by atoms with E-state index in [1.807, 2.05) is 0 Å². The zero-order valence-electron chi connectivity index (χ0n) is 7.46. The predicted molar refractivity (Wildman–Crippen MR) is 61.1 cm³/mol. The van der Waals surface area contributed by atoms with Crippen LogP contribution < -0.4 is 5.63 Å². The first-order valence-electron chi connectivity index (χ1n) is 4.15. The summed E-state index contributed by atoms with van der Waals surface area (Å²) in [6, 6.07) is 5.13. The van der Waals surface area contributed by atoms with Gasteiger partial charge < -0.3 is 9.52 Å². The highest BCUT2D eigenvalue weighted by atomic mass is 79.9. The van der Waals surface area contributed by atoms with E-state index in [-0.39, 0.29) is 10.6 Å². The van der Waals surface area contributed by atoms with Crippen molar-refractivity contribution in [1.82, 2.24) is 0 Å². The molecule has 78 valence electrons. The molecule has 0 fully saturated rings. The fraction of sp³-hybridized carbons (Fsp3) is 0.100. The minimum atomic E-state index is -0.600. The van der Waals surface area contributed by atoms with Crippen LogP contribution in [0, 0.1) is 0 Å². The molecule has 1 aromatic heterocycles. The lowest BCUT2D eigenvalue weighted by Gasteiger charge is -2.03. The van der Waals surface area contributed by atoms with Gasteiger partial charge in [-0.05, 0) is 18.2 Å².